The van der Waals surface area contributed by atoms with Gasteiger partial charge < -0.3 is 15.2 Å². The van der Waals surface area contributed by atoms with Crippen molar-refractivity contribution in [1.82, 2.24) is 5.32 Å². The van der Waals surface area contributed by atoms with E-state index in [1.54, 1.807) is 0 Å². The van der Waals surface area contributed by atoms with Gasteiger partial charge in [0, 0.05) is 4.47 Å². The number of nitrogens with one attached hydrogen (secondary N) is 1. The second-order valence-electron chi connectivity index (χ2n) is 4.09. The van der Waals surface area contributed by atoms with Gasteiger partial charge >= 0.3 is 12.1 Å². The summed E-state index contributed by atoms with van der Waals surface area (Å²) in [6.45, 7) is 3.45. The van der Waals surface area contributed by atoms with E-state index >= 15 is 0 Å². The standard InChI is InChI=1S/C14H16BrNO4/c1-2-9-20-14(19)16-12(13(17)18)8-5-10-3-6-11(15)7-4-10/h2-4,6-7,12H,1,5,8-9H2,(H,16,19)(H,17,18)/t12-/m1/s1. The highest BCUT2D eigenvalue weighted by Crippen LogP contribution is 2.12. The Morgan fingerprint density at radius 2 is 2.05 bits per heavy atom. The predicted molar refractivity (Wildman–Crippen MR) is 78.6 cm³/mol. The first-order chi connectivity index (χ1) is 9.52. The fourth-order valence-corrected chi connectivity index (χ4v) is 1.80. The van der Waals surface area contributed by atoms with Crippen LogP contribution in [0.5, 0.6) is 0 Å². The van der Waals surface area contributed by atoms with Crippen LogP contribution in [0.2, 0.25) is 0 Å². The molecule has 0 aliphatic heterocycles. The van der Waals surface area contributed by atoms with Gasteiger partial charge in [-0.15, -0.1) is 0 Å². The number of hydrogen-bond acceptors (Lipinski definition) is 3. The molecule has 0 aliphatic rings. The van der Waals surface area contributed by atoms with Crippen molar-refractivity contribution in [1.29, 1.82) is 0 Å². The summed E-state index contributed by atoms with van der Waals surface area (Å²) in [5, 5.41) is 11.4. The molecular weight excluding hydrogens is 326 g/mol. The Balaban J connectivity index is 2.50. The minimum Gasteiger partial charge on any atom is -0.480 e. The molecule has 0 radical (unpaired) electrons. The van der Waals surface area contributed by atoms with Gasteiger partial charge in [-0.1, -0.05) is 40.7 Å². The second-order valence-corrected chi connectivity index (χ2v) is 5.00. The highest BCUT2D eigenvalue weighted by molar-refractivity contribution is 9.10. The molecule has 1 aromatic rings. The number of hydrogen-bond donors (Lipinski definition) is 2. The predicted octanol–water partition coefficient (Wildman–Crippen LogP) is 2.75. The van der Waals surface area contributed by atoms with Crippen LogP contribution < -0.4 is 5.32 Å². The molecular formula is C14H16BrNO4. The lowest BCUT2D eigenvalue weighted by molar-refractivity contribution is -0.139. The molecule has 20 heavy (non-hydrogen) atoms. The van der Waals surface area contributed by atoms with Crippen molar-refractivity contribution >= 4 is 28.0 Å². The fraction of sp³-hybridized carbons (Fsp3) is 0.286. The first kappa shape index (κ1) is 16.2. The lowest BCUT2D eigenvalue weighted by atomic mass is 10.1. The number of alkyl carbamates (subject to hydrolysis) is 1. The quantitative estimate of drug-likeness (QED) is 0.747. The molecule has 0 aliphatic carbocycles. The van der Waals surface area contributed by atoms with Crippen LogP contribution >= 0.6 is 15.9 Å². The summed E-state index contributed by atoms with van der Waals surface area (Å²) in [6.07, 6.45) is 1.50. The Labute approximate surface area is 125 Å². The molecule has 0 saturated heterocycles. The number of benzene rings is 1. The van der Waals surface area contributed by atoms with Crippen molar-refractivity contribution in [2.45, 2.75) is 18.9 Å². The van der Waals surface area contributed by atoms with Crippen molar-refractivity contribution in [3.63, 3.8) is 0 Å². The molecule has 0 unspecified atom stereocenters. The van der Waals surface area contributed by atoms with Crippen LogP contribution in [-0.2, 0) is 16.0 Å². The summed E-state index contributed by atoms with van der Waals surface area (Å²) in [7, 11) is 0. The molecule has 5 nitrogen and oxygen atoms in total. The highest BCUT2D eigenvalue weighted by Gasteiger charge is 2.20. The maximum absolute atomic E-state index is 11.3. The number of aliphatic carboxylic acids is 1. The highest BCUT2D eigenvalue weighted by atomic mass is 79.9. The first-order valence-corrected chi connectivity index (χ1v) is 6.83. The Bertz CT molecular complexity index is 473. The van der Waals surface area contributed by atoms with E-state index in [9.17, 15) is 9.59 Å². The van der Waals surface area contributed by atoms with Gasteiger partial charge in [-0.05, 0) is 30.5 Å². The van der Waals surface area contributed by atoms with Gasteiger partial charge in [-0.2, -0.15) is 0 Å². The van der Waals surface area contributed by atoms with E-state index < -0.39 is 18.1 Å². The number of carbonyl (C=O) groups excluding carboxylic acids is 1. The van der Waals surface area contributed by atoms with Crippen LogP contribution in [0.3, 0.4) is 0 Å². The van der Waals surface area contributed by atoms with Crippen molar-refractivity contribution in [2.75, 3.05) is 6.61 Å². The normalized spacial score (nSPS) is 11.4. The zero-order valence-corrected chi connectivity index (χ0v) is 12.4. The molecule has 0 heterocycles. The van der Waals surface area contributed by atoms with Gasteiger partial charge in [0.1, 0.15) is 12.6 Å². The van der Waals surface area contributed by atoms with E-state index in [0.717, 1.165) is 10.0 Å². The van der Waals surface area contributed by atoms with Crippen LogP contribution in [0.4, 0.5) is 4.79 Å². The van der Waals surface area contributed by atoms with Gasteiger partial charge in [-0.25, -0.2) is 9.59 Å². The molecule has 0 bridgehead atoms. The third-order valence-electron chi connectivity index (χ3n) is 2.56. The lowest BCUT2D eigenvalue weighted by Crippen LogP contribution is -2.41. The molecule has 1 rings (SSSR count). The number of carbonyl (C=O) groups is 2. The maximum atomic E-state index is 11.3. The third-order valence-corrected chi connectivity index (χ3v) is 3.09. The van der Waals surface area contributed by atoms with E-state index in [1.807, 2.05) is 24.3 Å². The number of rotatable bonds is 7. The van der Waals surface area contributed by atoms with Gasteiger partial charge in [0.25, 0.3) is 0 Å². The number of aryl methyl sites for hydroxylation is 1. The van der Waals surface area contributed by atoms with Gasteiger partial charge in [-0.3, -0.25) is 0 Å². The second kappa shape index (κ2) is 8.37. The van der Waals surface area contributed by atoms with Gasteiger partial charge in [0.15, 0.2) is 0 Å². The first-order valence-electron chi connectivity index (χ1n) is 6.04. The molecule has 0 fully saturated rings. The minimum absolute atomic E-state index is 0.0465. The Kier molecular flexibility index (Phi) is 6.79. The maximum Gasteiger partial charge on any atom is 0.408 e. The monoisotopic (exact) mass is 341 g/mol. The fourth-order valence-electron chi connectivity index (χ4n) is 1.54. The van der Waals surface area contributed by atoms with Crippen LogP contribution in [0.25, 0.3) is 0 Å². The van der Waals surface area contributed by atoms with Gasteiger partial charge in [0.2, 0.25) is 0 Å². The minimum atomic E-state index is -1.09. The van der Waals surface area contributed by atoms with Crippen molar-refractivity contribution in [3.8, 4) is 0 Å². The summed E-state index contributed by atoms with van der Waals surface area (Å²) < 4.78 is 5.66. The number of ether oxygens (including phenoxy) is 1. The average Bonchev–Trinajstić information content (AvgIpc) is 2.42. The molecule has 6 heteroatoms. The SMILES string of the molecule is C=CCOC(=O)N[C@H](CCc1ccc(Br)cc1)C(=O)O. The summed E-state index contributed by atoms with van der Waals surface area (Å²) in [5.74, 6) is -1.09. The van der Waals surface area contributed by atoms with Crippen molar-refractivity contribution in [3.05, 3.63) is 47.0 Å². The van der Waals surface area contributed by atoms with E-state index in [0.29, 0.717) is 12.8 Å². The summed E-state index contributed by atoms with van der Waals surface area (Å²) in [5.41, 5.74) is 1.00. The summed E-state index contributed by atoms with van der Waals surface area (Å²) in [4.78, 5) is 22.4. The van der Waals surface area contributed by atoms with Crippen molar-refractivity contribution < 1.29 is 19.4 Å². The Hall–Kier alpha value is -1.82. The molecule has 108 valence electrons. The topological polar surface area (TPSA) is 75.6 Å². The van der Waals surface area contributed by atoms with Crippen LogP contribution in [0.1, 0.15) is 12.0 Å². The third kappa shape index (κ3) is 5.88. The molecule has 0 aromatic heterocycles. The van der Waals surface area contributed by atoms with Crippen LogP contribution in [0, 0.1) is 0 Å². The van der Waals surface area contributed by atoms with E-state index in [4.69, 9.17) is 9.84 Å². The zero-order valence-electron chi connectivity index (χ0n) is 10.8. The number of carboxylic acids is 1. The molecule has 1 amide bonds. The van der Waals surface area contributed by atoms with E-state index in [1.165, 1.54) is 6.08 Å². The van der Waals surface area contributed by atoms with E-state index in [2.05, 4.69) is 27.8 Å². The van der Waals surface area contributed by atoms with E-state index in [-0.39, 0.29) is 6.61 Å². The molecule has 1 atom stereocenters. The van der Waals surface area contributed by atoms with Crippen molar-refractivity contribution in [2.24, 2.45) is 0 Å². The lowest BCUT2D eigenvalue weighted by Gasteiger charge is -2.14. The summed E-state index contributed by atoms with van der Waals surface area (Å²) in [6, 6.07) is 6.60. The largest absolute Gasteiger partial charge is 0.480 e. The number of halogens is 1. The molecule has 0 spiro atoms. The Morgan fingerprint density at radius 3 is 2.60 bits per heavy atom. The van der Waals surface area contributed by atoms with Crippen LogP contribution in [0.15, 0.2) is 41.4 Å². The molecule has 1 aromatic carbocycles. The molecule has 2 N–H and O–H groups in total. The molecule has 0 saturated carbocycles. The smallest absolute Gasteiger partial charge is 0.408 e. The summed E-state index contributed by atoms with van der Waals surface area (Å²) >= 11 is 3.33. The number of carboxylic acid groups (broad SMARTS) is 1. The Morgan fingerprint density at radius 1 is 1.40 bits per heavy atom. The number of amides is 1. The zero-order chi connectivity index (χ0) is 15.0. The average molecular weight is 342 g/mol. The van der Waals surface area contributed by atoms with Crippen LogP contribution in [-0.4, -0.2) is 29.8 Å². The van der Waals surface area contributed by atoms with Gasteiger partial charge in [0.05, 0.1) is 0 Å².